The van der Waals surface area contributed by atoms with Crippen molar-refractivity contribution in [2.45, 2.75) is 46.5 Å². The Hall–Kier alpha value is -2.01. The summed E-state index contributed by atoms with van der Waals surface area (Å²) in [7, 11) is 0. The summed E-state index contributed by atoms with van der Waals surface area (Å²) in [6.07, 6.45) is 6.02. The normalized spacial score (nSPS) is 11.2. The first-order valence-electron chi connectivity index (χ1n) is 9.38. The third-order valence-corrected chi connectivity index (χ3v) is 4.20. The molecule has 5 nitrogen and oxygen atoms in total. The minimum absolute atomic E-state index is 0.144. The first kappa shape index (κ1) is 19.3. The maximum absolute atomic E-state index is 12.2. The molecule has 1 aromatic heterocycles. The zero-order valence-corrected chi connectivity index (χ0v) is 15.7. The number of nitrogens with one attached hydrogen (secondary N) is 1. The number of aryl methyl sites for hydroxylation is 1. The smallest absolute Gasteiger partial charge is 0.271 e. The van der Waals surface area contributed by atoms with Gasteiger partial charge in [0.25, 0.3) is 5.91 Å². The van der Waals surface area contributed by atoms with Crippen LogP contribution in [-0.2, 0) is 0 Å². The molecule has 25 heavy (non-hydrogen) atoms. The molecule has 0 spiro atoms. The summed E-state index contributed by atoms with van der Waals surface area (Å²) in [5, 5.41) is 2.95. The van der Waals surface area contributed by atoms with Gasteiger partial charge in [0.05, 0.1) is 17.2 Å². The molecule has 2 rings (SSSR count). The fourth-order valence-electron chi connectivity index (χ4n) is 2.95. The Morgan fingerprint density at radius 1 is 1.08 bits per heavy atom. The lowest BCUT2D eigenvalue weighted by Crippen LogP contribution is -2.29. The monoisotopic (exact) mass is 342 g/mol. The molecule has 5 heteroatoms. The molecule has 1 N–H and O–H groups in total. The highest BCUT2D eigenvalue weighted by molar-refractivity contribution is 5.93. The van der Waals surface area contributed by atoms with Crippen LogP contribution in [0.4, 0.5) is 0 Å². The van der Waals surface area contributed by atoms with Crippen molar-refractivity contribution in [2.75, 3.05) is 26.2 Å². The molecular formula is C20H30N4O. The molecule has 0 fully saturated rings. The second-order valence-corrected chi connectivity index (χ2v) is 6.55. The van der Waals surface area contributed by atoms with Crippen molar-refractivity contribution in [3.05, 3.63) is 35.7 Å². The van der Waals surface area contributed by atoms with E-state index in [1.807, 2.05) is 25.1 Å². The van der Waals surface area contributed by atoms with Crippen molar-refractivity contribution in [3.63, 3.8) is 0 Å². The highest BCUT2D eigenvalue weighted by atomic mass is 16.1. The lowest BCUT2D eigenvalue weighted by atomic mass is 10.2. The van der Waals surface area contributed by atoms with Crippen molar-refractivity contribution >= 4 is 16.9 Å². The minimum atomic E-state index is -0.144. The van der Waals surface area contributed by atoms with E-state index in [4.69, 9.17) is 0 Å². The molecule has 0 bridgehead atoms. The summed E-state index contributed by atoms with van der Waals surface area (Å²) in [6.45, 7) is 10.6. The number of rotatable bonds is 10. The SMILES string of the molecule is CCCN(CCC)CCCCNC(=O)c1cnc2cc(C)ccc2n1. The Morgan fingerprint density at radius 3 is 2.56 bits per heavy atom. The van der Waals surface area contributed by atoms with Gasteiger partial charge in [-0.05, 0) is 69.9 Å². The van der Waals surface area contributed by atoms with E-state index in [0.29, 0.717) is 12.2 Å². The van der Waals surface area contributed by atoms with Gasteiger partial charge in [0, 0.05) is 6.54 Å². The Bertz CT molecular complexity index is 680. The van der Waals surface area contributed by atoms with Gasteiger partial charge in [0.2, 0.25) is 0 Å². The van der Waals surface area contributed by atoms with Gasteiger partial charge < -0.3 is 10.2 Å². The number of carbonyl (C=O) groups is 1. The van der Waals surface area contributed by atoms with Crippen molar-refractivity contribution in [3.8, 4) is 0 Å². The Balaban J connectivity index is 1.77. The Labute approximate surface area is 150 Å². The summed E-state index contributed by atoms with van der Waals surface area (Å²) >= 11 is 0. The van der Waals surface area contributed by atoms with Crippen molar-refractivity contribution < 1.29 is 4.79 Å². The highest BCUT2D eigenvalue weighted by Crippen LogP contribution is 2.11. The van der Waals surface area contributed by atoms with Crippen LogP contribution in [0.15, 0.2) is 24.4 Å². The number of unbranched alkanes of at least 4 members (excludes halogenated alkanes) is 1. The first-order valence-corrected chi connectivity index (χ1v) is 9.38. The highest BCUT2D eigenvalue weighted by Gasteiger charge is 2.09. The fourth-order valence-corrected chi connectivity index (χ4v) is 2.95. The molecule has 0 aliphatic heterocycles. The topological polar surface area (TPSA) is 58.1 Å². The molecule has 0 saturated heterocycles. The lowest BCUT2D eigenvalue weighted by molar-refractivity contribution is 0.0947. The summed E-state index contributed by atoms with van der Waals surface area (Å²) in [5.41, 5.74) is 3.10. The number of benzene rings is 1. The minimum Gasteiger partial charge on any atom is -0.351 e. The van der Waals surface area contributed by atoms with Gasteiger partial charge in [-0.1, -0.05) is 19.9 Å². The number of fused-ring (bicyclic) bond motifs is 1. The van der Waals surface area contributed by atoms with E-state index in [1.54, 1.807) is 6.20 Å². The molecule has 2 aromatic rings. The third kappa shape index (κ3) is 6.09. The van der Waals surface area contributed by atoms with E-state index in [2.05, 4.69) is 34.0 Å². The number of amides is 1. The van der Waals surface area contributed by atoms with Gasteiger partial charge in [-0.2, -0.15) is 0 Å². The molecule has 0 aliphatic carbocycles. The average Bonchev–Trinajstić information content (AvgIpc) is 2.61. The van der Waals surface area contributed by atoms with Crippen LogP contribution >= 0.6 is 0 Å². The number of nitrogens with zero attached hydrogens (tertiary/aromatic N) is 3. The van der Waals surface area contributed by atoms with E-state index in [-0.39, 0.29) is 5.91 Å². The fraction of sp³-hybridized carbons (Fsp3) is 0.550. The maximum Gasteiger partial charge on any atom is 0.271 e. The molecule has 0 unspecified atom stereocenters. The first-order chi connectivity index (χ1) is 12.1. The van der Waals surface area contributed by atoms with Crippen LogP contribution < -0.4 is 5.32 Å². The number of aromatic nitrogens is 2. The summed E-state index contributed by atoms with van der Waals surface area (Å²) in [4.78, 5) is 23.5. The van der Waals surface area contributed by atoms with Crippen LogP contribution in [0.1, 0.15) is 55.6 Å². The standard InChI is InChI=1S/C20H30N4O/c1-4-11-24(12-5-2)13-7-6-10-21-20(25)19-15-22-18-14-16(3)8-9-17(18)23-19/h8-9,14-15H,4-7,10-13H2,1-3H3,(H,21,25). The van der Waals surface area contributed by atoms with Gasteiger partial charge in [-0.25, -0.2) is 4.98 Å². The zero-order valence-electron chi connectivity index (χ0n) is 15.7. The van der Waals surface area contributed by atoms with Gasteiger partial charge >= 0.3 is 0 Å². The quantitative estimate of drug-likeness (QED) is 0.671. The average molecular weight is 342 g/mol. The summed E-state index contributed by atoms with van der Waals surface area (Å²) < 4.78 is 0. The van der Waals surface area contributed by atoms with E-state index in [0.717, 1.165) is 49.1 Å². The molecule has 136 valence electrons. The second kappa shape index (κ2) is 10.1. The van der Waals surface area contributed by atoms with Crippen LogP contribution in [0.3, 0.4) is 0 Å². The van der Waals surface area contributed by atoms with Crippen molar-refractivity contribution in [2.24, 2.45) is 0 Å². The van der Waals surface area contributed by atoms with Crippen LogP contribution in [0.5, 0.6) is 0 Å². The summed E-state index contributed by atoms with van der Waals surface area (Å²) in [5.74, 6) is -0.144. The molecule has 0 atom stereocenters. The van der Waals surface area contributed by atoms with Crippen molar-refractivity contribution in [1.82, 2.24) is 20.2 Å². The molecule has 0 saturated carbocycles. The number of hydrogen-bond acceptors (Lipinski definition) is 4. The molecule has 1 amide bonds. The van der Waals surface area contributed by atoms with Gasteiger partial charge in [-0.15, -0.1) is 0 Å². The van der Waals surface area contributed by atoms with E-state index < -0.39 is 0 Å². The van der Waals surface area contributed by atoms with Crippen molar-refractivity contribution in [1.29, 1.82) is 0 Å². The molecule has 0 aliphatic rings. The van der Waals surface area contributed by atoms with Gasteiger partial charge in [0.15, 0.2) is 0 Å². The summed E-state index contributed by atoms with van der Waals surface area (Å²) in [6, 6.07) is 5.87. The van der Waals surface area contributed by atoms with Gasteiger partial charge in [0.1, 0.15) is 5.69 Å². The van der Waals surface area contributed by atoms with Crippen LogP contribution in [0.25, 0.3) is 11.0 Å². The molecular weight excluding hydrogens is 312 g/mol. The Kier molecular flexibility index (Phi) is 7.79. The second-order valence-electron chi connectivity index (χ2n) is 6.55. The Morgan fingerprint density at radius 2 is 1.84 bits per heavy atom. The third-order valence-electron chi connectivity index (χ3n) is 4.20. The van der Waals surface area contributed by atoms with Crippen LogP contribution in [0, 0.1) is 6.92 Å². The van der Waals surface area contributed by atoms with E-state index >= 15 is 0 Å². The lowest BCUT2D eigenvalue weighted by Gasteiger charge is -2.20. The predicted molar refractivity (Wildman–Crippen MR) is 103 cm³/mol. The number of carbonyl (C=O) groups excluding carboxylic acids is 1. The molecule has 1 aromatic carbocycles. The van der Waals surface area contributed by atoms with Crippen LogP contribution in [0.2, 0.25) is 0 Å². The molecule has 1 heterocycles. The predicted octanol–water partition coefficient (Wildman–Crippen LogP) is 3.57. The number of hydrogen-bond donors (Lipinski definition) is 1. The van der Waals surface area contributed by atoms with Gasteiger partial charge in [-0.3, -0.25) is 9.78 Å². The van der Waals surface area contributed by atoms with Crippen LogP contribution in [-0.4, -0.2) is 47.0 Å². The largest absolute Gasteiger partial charge is 0.351 e. The maximum atomic E-state index is 12.2. The zero-order chi connectivity index (χ0) is 18.1. The molecule has 0 radical (unpaired) electrons. The van der Waals surface area contributed by atoms with E-state index in [9.17, 15) is 4.79 Å². The van der Waals surface area contributed by atoms with E-state index in [1.165, 1.54) is 12.8 Å².